The number of benzene rings is 2. The van der Waals surface area contributed by atoms with E-state index < -0.39 is 18.1 Å². The van der Waals surface area contributed by atoms with Gasteiger partial charge in [-0.1, -0.05) is 18.2 Å². The fraction of sp³-hybridized carbons (Fsp3) is 0.174. The minimum absolute atomic E-state index is 0.0136. The Bertz CT molecular complexity index is 1250. The predicted octanol–water partition coefficient (Wildman–Crippen LogP) is 3.65. The van der Waals surface area contributed by atoms with Crippen molar-refractivity contribution >= 4 is 33.9 Å². The molecule has 1 atom stereocenters. The van der Waals surface area contributed by atoms with Crippen LogP contribution in [0.3, 0.4) is 0 Å². The lowest BCUT2D eigenvalue weighted by Crippen LogP contribution is -2.42. The van der Waals surface area contributed by atoms with Gasteiger partial charge in [-0.25, -0.2) is 9.59 Å². The zero-order valence-corrected chi connectivity index (χ0v) is 16.8. The quantitative estimate of drug-likeness (QED) is 0.421. The van der Waals surface area contributed by atoms with Crippen molar-refractivity contribution in [3.8, 4) is 5.75 Å². The molecule has 4 rings (SSSR count). The van der Waals surface area contributed by atoms with Crippen molar-refractivity contribution in [2.45, 2.75) is 19.1 Å². The Kier molecular flexibility index (Phi) is 5.70. The summed E-state index contributed by atoms with van der Waals surface area (Å²) < 4.78 is 10.5. The molecule has 8 heteroatoms. The number of aromatic nitrogens is 2. The Hall–Kier alpha value is -4.07. The molecule has 0 saturated carbocycles. The first-order valence-electron chi connectivity index (χ1n) is 9.67. The molecule has 2 aromatic heterocycles. The molecule has 31 heavy (non-hydrogen) atoms. The first-order chi connectivity index (χ1) is 15.0. The number of nitrogens with zero attached hydrogens (tertiary/aromatic N) is 1. The number of para-hydroxylation sites is 1. The largest absolute Gasteiger partial charge is 0.497 e. The highest BCUT2D eigenvalue weighted by Crippen LogP contribution is 2.24. The summed E-state index contributed by atoms with van der Waals surface area (Å²) in [7, 11) is 1.57. The Balaban J connectivity index is 1.42. The molecule has 158 valence electrons. The fourth-order valence-corrected chi connectivity index (χ4v) is 3.40. The van der Waals surface area contributed by atoms with Gasteiger partial charge in [-0.15, -0.1) is 0 Å². The van der Waals surface area contributed by atoms with Gasteiger partial charge in [-0.3, -0.25) is 4.98 Å². The third-order valence-corrected chi connectivity index (χ3v) is 5.01. The molecule has 0 aliphatic carbocycles. The average molecular weight is 419 g/mol. The summed E-state index contributed by atoms with van der Waals surface area (Å²) >= 11 is 0. The number of alkyl carbamates (subject to hydrolysis) is 1. The van der Waals surface area contributed by atoms with Gasteiger partial charge in [-0.05, 0) is 35.9 Å². The van der Waals surface area contributed by atoms with Gasteiger partial charge in [0.25, 0.3) is 0 Å². The molecule has 4 aromatic rings. The molecule has 3 N–H and O–H groups in total. The number of aliphatic carboxylic acids is 1. The van der Waals surface area contributed by atoms with Crippen molar-refractivity contribution in [3.05, 3.63) is 72.1 Å². The molecule has 1 unspecified atom stereocenters. The summed E-state index contributed by atoms with van der Waals surface area (Å²) in [4.78, 5) is 31.4. The smallest absolute Gasteiger partial charge is 0.408 e. The number of fused-ring (bicyclic) bond motifs is 2. The third-order valence-electron chi connectivity index (χ3n) is 5.01. The van der Waals surface area contributed by atoms with E-state index in [4.69, 9.17) is 9.47 Å². The Morgan fingerprint density at radius 1 is 1.19 bits per heavy atom. The molecule has 0 bridgehead atoms. The van der Waals surface area contributed by atoms with Crippen molar-refractivity contribution in [2.75, 3.05) is 7.11 Å². The van der Waals surface area contributed by atoms with Gasteiger partial charge < -0.3 is 24.9 Å². The zero-order valence-electron chi connectivity index (χ0n) is 16.8. The molecular weight excluding hydrogens is 398 g/mol. The van der Waals surface area contributed by atoms with E-state index in [1.54, 1.807) is 19.5 Å². The van der Waals surface area contributed by atoms with E-state index in [-0.39, 0.29) is 13.0 Å². The molecule has 0 spiro atoms. The maximum absolute atomic E-state index is 12.2. The first-order valence-corrected chi connectivity index (χ1v) is 9.67. The topological polar surface area (TPSA) is 114 Å². The molecule has 2 aromatic carbocycles. The molecule has 8 nitrogen and oxygen atoms in total. The summed E-state index contributed by atoms with van der Waals surface area (Å²) in [6.07, 6.45) is 2.64. The summed E-state index contributed by atoms with van der Waals surface area (Å²) in [5.74, 6) is -0.488. The van der Waals surface area contributed by atoms with Gasteiger partial charge >= 0.3 is 12.1 Å². The van der Waals surface area contributed by atoms with Crippen molar-refractivity contribution < 1.29 is 24.2 Å². The SMILES string of the molecule is COc1ccc2[nH]cc(CC(NC(=O)OCc3cnc4ccccc4c3)C(=O)O)c2c1. The normalized spacial score (nSPS) is 11.9. The number of carbonyl (C=O) groups excluding carboxylic acids is 1. The molecule has 0 aliphatic rings. The molecule has 1 amide bonds. The molecule has 0 aliphatic heterocycles. The van der Waals surface area contributed by atoms with E-state index in [1.807, 2.05) is 48.5 Å². The number of methoxy groups -OCH3 is 1. The first kappa shape index (κ1) is 20.2. The number of hydrogen-bond donors (Lipinski definition) is 3. The van der Waals surface area contributed by atoms with E-state index in [0.29, 0.717) is 11.3 Å². The van der Waals surface area contributed by atoms with Crippen LogP contribution in [-0.2, 0) is 22.6 Å². The van der Waals surface area contributed by atoms with Gasteiger partial charge in [-0.2, -0.15) is 0 Å². The van der Waals surface area contributed by atoms with Gasteiger partial charge in [0.15, 0.2) is 0 Å². The van der Waals surface area contributed by atoms with Crippen LogP contribution in [0, 0.1) is 0 Å². The van der Waals surface area contributed by atoms with E-state index in [9.17, 15) is 14.7 Å². The van der Waals surface area contributed by atoms with Crippen LogP contribution in [0.4, 0.5) is 4.79 Å². The Morgan fingerprint density at radius 2 is 2.03 bits per heavy atom. The highest BCUT2D eigenvalue weighted by molar-refractivity contribution is 5.86. The number of pyridine rings is 1. The lowest BCUT2D eigenvalue weighted by atomic mass is 10.0. The Labute approximate surface area is 177 Å². The highest BCUT2D eigenvalue weighted by Gasteiger charge is 2.23. The number of aromatic amines is 1. The van der Waals surface area contributed by atoms with Gasteiger partial charge in [0, 0.05) is 40.7 Å². The van der Waals surface area contributed by atoms with Gasteiger partial charge in [0.05, 0.1) is 12.6 Å². The highest BCUT2D eigenvalue weighted by atomic mass is 16.5. The summed E-state index contributed by atoms with van der Waals surface area (Å²) in [6, 6.07) is 13.8. The van der Waals surface area contributed by atoms with Gasteiger partial charge in [0.2, 0.25) is 0 Å². The fourth-order valence-electron chi connectivity index (χ4n) is 3.40. The summed E-state index contributed by atoms with van der Waals surface area (Å²) in [5, 5.41) is 13.8. The second kappa shape index (κ2) is 8.74. The van der Waals surface area contributed by atoms with Crippen LogP contribution < -0.4 is 10.1 Å². The van der Waals surface area contributed by atoms with Crippen molar-refractivity contribution in [1.29, 1.82) is 0 Å². The lowest BCUT2D eigenvalue weighted by molar-refractivity contribution is -0.139. The molecule has 0 fully saturated rings. The maximum Gasteiger partial charge on any atom is 0.408 e. The molecule has 0 saturated heterocycles. The number of hydrogen-bond acceptors (Lipinski definition) is 5. The van der Waals surface area contributed by atoms with Crippen molar-refractivity contribution in [1.82, 2.24) is 15.3 Å². The Morgan fingerprint density at radius 3 is 2.84 bits per heavy atom. The average Bonchev–Trinajstić information content (AvgIpc) is 3.18. The number of amides is 1. The molecular formula is C23H21N3O5. The molecule has 2 heterocycles. The second-order valence-corrected chi connectivity index (χ2v) is 7.08. The van der Waals surface area contributed by atoms with Crippen molar-refractivity contribution in [2.24, 2.45) is 0 Å². The minimum atomic E-state index is -1.15. The number of ether oxygens (including phenoxy) is 2. The van der Waals surface area contributed by atoms with Crippen LogP contribution in [0.2, 0.25) is 0 Å². The number of rotatable bonds is 7. The third kappa shape index (κ3) is 4.58. The monoisotopic (exact) mass is 419 g/mol. The van der Waals surface area contributed by atoms with Crippen LogP contribution in [0.5, 0.6) is 5.75 Å². The van der Waals surface area contributed by atoms with Crippen LogP contribution >= 0.6 is 0 Å². The second-order valence-electron chi connectivity index (χ2n) is 7.08. The standard InChI is InChI=1S/C23H21N3O5/c1-30-17-6-7-20-18(10-17)16(12-25-20)9-21(22(27)28)26-23(29)31-13-14-8-15-4-2-3-5-19(15)24-11-14/h2-8,10-12,21,25H,9,13H2,1H3,(H,26,29)(H,27,28). The number of carbonyl (C=O) groups is 2. The lowest BCUT2D eigenvalue weighted by Gasteiger charge is -2.14. The maximum atomic E-state index is 12.2. The van der Waals surface area contributed by atoms with Crippen LogP contribution in [0.15, 0.2) is 60.9 Å². The number of carboxylic acids is 1. The van der Waals surface area contributed by atoms with E-state index in [0.717, 1.165) is 27.4 Å². The predicted molar refractivity (Wildman–Crippen MR) is 115 cm³/mol. The minimum Gasteiger partial charge on any atom is -0.497 e. The van der Waals surface area contributed by atoms with Crippen LogP contribution in [0.25, 0.3) is 21.8 Å². The van der Waals surface area contributed by atoms with Crippen molar-refractivity contribution in [3.63, 3.8) is 0 Å². The van der Waals surface area contributed by atoms with E-state index in [2.05, 4.69) is 15.3 Å². The number of H-pyrrole nitrogens is 1. The van der Waals surface area contributed by atoms with Gasteiger partial charge in [0.1, 0.15) is 18.4 Å². The molecule has 0 radical (unpaired) electrons. The van der Waals surface area contributed by atoms with E-state index in [1.165, 1.54) is 0 Å². The zero-order chi connectivity index (χ0) is 21.8. The number of nitrogens with one attached hydrogen (secondary N) is 2. The summed E-state index contributed by atoms with van der Waals surface area (Å²) in [5.41, 5.74) is 3.16. The van der Waals surface area contributed by atoms with E-state index >= 15 is 0 Å². The number of carboxylic acid groups (broad SMARTS) is 1. The van der Waals surface area contributed by atoms with Crippen LogP contribution in [0.1, 0.15) is 11.1 Å². The van der Waals surface area contributed by atoms with Crippen LogP contribution in [-0.4, -0.2) is 40.3 Å². The summed E-state index contributed by atoms with van der Waals surface area (Å²) in [6.45, 7) is -0.0136.